The molecule has 1 saturated carbocycles. The number of carboxylic acid groups (broad SMARTS) is 1. The monoisotopic (exact) mass is 227 g/mol. The summed E-state index contributed by atoms with van der Waals surface area (Å²) in [6.45, 7) is 5.67. The zero-order valence-corrected chi connectivity index (χ0v) is 10.2. The molecule has 0 spiro atoms. The highest BCUT2D eigenvalue weighted by atomic mass is 16.4. The number of aliphatic carboxylic acids is 1. The number of hydrogen-bond acceptors (Lipinski definition) is 2. The van der Waals surface area contributed by atoms with Gasteiger partial charge in [0.1, 0.15) is 6.04 Å². The number of nitrogens with one attached hydrogen (secondary N) is 1. The molecule has 4 heteroatoms. The molecular formula is C12H21NO3. The van der Waals surface area contributed by atoms with E-state index in [1.165, 1.54) is 6.92 Å². The van der Waals surface area contributed by atoms with E-state index in [1.54, 1.807) is 0 Å². The van der Waals surface area contributed by atoms with E-state index in [0.29, 0.717) is 0 Å². The van der Waals surface area contributed by atoms with Crippen LogP contribution >= 0.6 is 0 Å². The second-order valence-electron chi connectivity index (χ2n) is 5.36. The topological polar surface area (TPSA) is 66.4 Å². The Balaban J connectivity index is 2.62. The van der Waals surface area contributed by atoms with Crippen molar-refractivity contribution in [3.63, 3.8) is 0 Å². The van der Waals surface area contributed by atoms with Gasteiger partial charge in [0, 0.05) is 5.92 Å². The van der Waals surface area contributed by atoms with Gasteiger partial charge in [-0.05, 0) is 25.2 Å². The maximum atomic E-state index is 12.0. The van der Waals surface area contributed by atoms with Crippen LogP contribution in [-0.4, -0.2) is 23.0 Å². The minimum atomic E-state index is -0.984. The second-order valence-corrected chi connectivity index (χ2v) is 5.36. The third-order valence-corrected chi connectivity index (χ3v) is 3.55. The molecule has 0 heterocycles. The van der Waals surface area contributed by atoms with Crippen LogP contribution in [-0.2, 0) is 9.59 Å². The van der Waals surface area contributed by atoms with Crippen molar-refractivity contribution < 1.29 is 14.7 Å². The Hall–Kier alpha value is -1.06. The highest BCUT2D eigenvalue weighted by Crippen LogP contribution is 2.40. The molecule has 0 bridgehead atoms. The molecule has 1 rings (SSSR count). The van der Waals surface area contributed by atoms with Crippen molar-refractivity contribution in [3.8, 4) is 0 Å². The summed E-state index contributed by atoms with van der Waals surface area (Å²) in [5.41, 5.74) is -0.0133. The Labute approximate surface area is 96.4 Å². The van der Waals surface area contributed by atoms with Gasteiger partial charge in [-0.3, -0.25) is 9.59 Å². The molecule has 1 aliphatic carbocycles. The molecule has 16 heavy (non-hydrogen) atoms. The van der Waals surface area contributed by atoms with Gasteiger partial charge in [-0.1, -0.05) is 26.7 Å². The molecule has 92 valence electrons. The first-order valence-corrected chi connectivity index (χ1v) is 5.88. The Kier molecular flexibility index (Phi) is 3.94. The van der Waals surface area contributed by atoms with Crippen molar-refractivity contribution in [3.05, 3.63) is 0 Å². The third kappa shape index (κ3) is 2.97. The van der Waals surface area contributed by atoms with Crippen molar-refractivity contribution in [2.45, 2.75) is 52.5 Å². The van der Waals surface area contributed by atoms with Gasteiger partial charge in [-0.15, -0.1) is 0 Å². The predicted molar refractivity (Wildman–Crippen MR) is 61.0 cm³/mol. The highest BCUT2D eigenvalue weighted by Gasteiger charge is 2.37. The van der Waals surface area contributed by atoms with Crippen LogP contribution in [0.2, 0.25) is 0 Å². The molecule has 0 radical (unpaired) electrons. The van der Waals surface area contributed by atoms with Crippen molar-refractivity contribution in [1.29, 1.82) is 0 Å². The average molecular weight is 227 g/mol. The quantitative estimate of drug-likeness (QED) is 0.772. The molecule has 1 fully saturated rings. The summed E-state index contributed by atoms with van der Waals surface area (Å²) in [5.74, 6) is -1.15. The Morgan fingerprint density at radius 2 is 2.00 bits per heavy atom. The van der Waals surface area contributed by atoms with E-state index in [2.05, 4.69) is 19.2 Å². The third-order valence-electron chi connectivity index (χ3n) is 3.55. The Morgan fingerprint density at radius 3 is 2.50 bits per heavy atom. The lowest BCUT2D eigenvalue weighted by atomic mass is 9.68. The van der Waals surface area contributed by atoms with Gasteiger partial charge >= 0.3 is 5.97 Å². The van der Waals surface area contributed by atoms with Crippen LogP contribution in [0.1, 0.15) is 46.5 Å². The number of rotatable bonds is 3. The summed E-state index contributed by atoms with van der Waals surface area (Å²) in [6.07, 6.45) is 4.12. The van der Waals surface area contributed by atoms with Crippen molar-refractivity contribution in [1.82, 2.24) is 5.32 Å². The smallest absolute Gasteiger partial charge is 0.325 e. The van der Waals surface area contributed by atoms with Crippen molar-refractivity contribution in [2.75, 3.05) is 0 Å². The first-order valence-electron chi connectivity index (χ1n) is 5.88. The molecule has 1 amide bonds. The molecule has 0 aliphatic heterocycles. The van der Waals surface area contributed by atoms with Gasteiger partial charge in [0.15, 0.2) is 0 Å². The van der Waals surface area contributed by atoms with E-state index >= 15 is 0 Å². The first kappa shape index (κ1) is 13.0. The second kappa shape index (κ2) is 4.85. The van der Waals surface area contributed by atoms with Crippen LogP contribution in [0.4, 0.5) is 0 Å². The molecule has 0 saturated heterocycles. The molecule has 4 nitrogen and oxygen atoms in total. The Morgan fingerprint density at radius 1 is 1.38 bits per heavy atom. The fourth-order valence-corrected chi connectivity index (χ4v) is 2.36. The average Bonchev–Trinajstić information content (AvgIpc) is 2.16. The van der Waals surface area contributed by atoms with Crippen molar-refractivity contribution in [2.24, 2.45) is 11.3 Å². The van der Waals surface area contributed by atoms with Crippen LogP contribution < -0.4 is 5.32 Å². The minimum absolute atomic E-state index is 0.0133. The number of amides is 1. The van der Waals surface area contributed by atoms with Gasteiger partial charge in [-0.25, -0.2) is 0 Å². The van der Waals surface area contributed by atoms with Crippen LogP contribution in [0.5, 0.6) is 0 Å². The summed E-state index contributed by atoms with van der Waals surface area (Å²) in [4.78, 5) is 22.6. The van der Waals surface area contributed by atoms with Gasteiger partial charge in [0.25, 0.3) is 0 Å². The van der Waals surface area contributed by atoms with Gasteiger partial charge in [-0.2, -0.15) is 0 Å². The summed E-state index contributed by atoms with van der Waals surface area (Å²) < 4.78 is 0. The zero-order chi connectivity index (χ0) is 12.3. The van der Waals surface area contributed by atoms with E-state index in [4.69, 9.17) is 5.11 Å². The maximum Gasteiger partial charge on any atom is 0.325 e. The normalized spacial score (nSPS) is 25.8. The number of hydrogen-bond donors (Lipinski definition) is 2. The van der Waals surface area contributed by atoms with E-state index in [-0.39, 0.29) is 17.2 Å². The van der Waals surface area contributed by atoms with E-state index < -0.39 is 12.0 Å². The standard InChI is InChI=1S/C12H21NO3/c1-8(11(15)16)13-10(14)9-6-4-5-7-12(9,2)3/h8-9H,4-7H2,1-3H3,(H,13,14)(H,15,16)/t8-,9?/m0/s1. The molecule has 2 N–H and O–H groups in total. The zero-order valence-electron chi connectivity index (χ0n) is 10.2. The highest BCUT2D eigenvalue weighted by molar-refractivity contribution is 5.85. The van der Waals surface area contributed by atoms with Crippen LogP contribution in [0.15, 0.2) is 0 Å². The minimum Gasteiger partial charge on any atom is -0.480 e. The molecule has 1 aliphatic rings. The lowest BCUT2D eigenvalue weighted by Crippen LogP contribution is -2.46. The summed E-state index contributed by atoms with van der Waals surface area (Å²) in [7, 11) is 0. The van der Waals surface area contributed by atoms with Gasteiger partial charge in [0.05, 0.1) is 0 Å². The van der Waals surface area contributed by atoms with Crippen LogP contribution in [0.3, 0.4) is 0 Å². The van der Waals surface area contributed by atoms with Gasteiger partial charge < -0.3 is 10.4 Å². The molecular weight excluding hydrogens is 206 g/mol. The number of carboxylic acids is 1. The fourth-order valence-electron chi connectivity index (χ4n) is 2.36. The Bertz CT molecular complexity index is 286. The first-order chi connectivity index (χ1) is 7.34. The molecule has 0 aromatic carbocycles. The SMILES string of the molecule is C[C@H](NC(=O)C1CCCCC1(C)C)C(=O)O. The summed E-state index contributed by atoms with van der Waals surface area (Å²) >= 11 is 0. The summed E-state index contributed by atoms with van der Waals surface area (Å²) in [5, 5.41) is 11.3. The fraction of sp³-hybridized carbons (Fsp3) is 0.833. The predicted octanol–water partition coefficient (Wildman–Crippen LogP) is 1.79. The lowest BCUT2D eigenvalue weighted by Gasteiger charge is -2.37. The molecule has 0 aromatic rings. The molecule has 1 unspecified atom stereocenters. The molecule has 0 aromatic heterocycles. The number of carbonyl (C=O) groups excluding carboxylic acids is 1. The lowest BCUT2D eigenvalue weighted by molar-refractivity contribution is -0.143. The number of carbonyl (C=O) groups is 2. The van der Waals surface area contributed by atoms with Crippen LogP contribution in [0.25, 0.3) is 0 Å². The maximum absolute atomic E-state index is 12.0. The van der Waals surface area contributed by atoms with E-state index in [9.17, 15) is 9.59 Å². The van der Waals surface area contributed by atoms with Crippen LogP contribution in [0, 0.1) is 11.3 Å². The molecule has 2 atom stereocenters. The van der Waals surface area contributed by atoms with Gasteiger partial charge in [0.2, 0.25) is 5.91 Å². The van der Waals surface area contributed by atoms with Crippen molar-refractivity contribution >= 4 is 11.9 Å². The summed E-state index contributed by atoms with van der Waals surface area (Å²) in [6, 6.07) is -0.801. The van der Waals surface area contributed by atoms with E-state index in [1.807, 2.05) is 0 Å². The largest absolute Gasteiger partial charge is 0.480 e. The van der Waals surface area contributed by atoms with E-state index in [0.717, 1.165) is 25.7 Å².